The van der Waals surface area contributed by atoms with Gasteiger partial charge < -0.3 is 19.7 Å². The van der Waals surface area contributed by atoms with Crippen molar-refractivity contribution < 1.29 is 9.47 Å². The highest BCUT2D eigenvalue weighted by Crippen LogP contribution is 2.38. The first-order chi connectivity index (χ1) is 16.4. The maximum absolute atomic E-state index is 5.64. The quantitative estimate of drug-likeness (QED) is 0.352. The second-order valence-electron chi connectivity index (χ2n) is 8.57. The molecule has 0 bridgehead atoms. The number of hydrogen-bond acceptors (Lipinski definition) is 7. The van der Waals surface area contributed by atoms with E-state index in [1.54, 1.807) is 31.3 Å². The number of aromatic nitrogens is 4. The van der Waals surface area contributed by atoms with E-state index in [0.717, 1.165) is 63.8 Å². The SMILES string of the molecule is COc1cc(OC)c(C)c(N(CCNC(C)C)c2ccc3ncc(-c4cnn(C)c4)nc3c2)c1.Cl. The average Bonchev–Trinajstić information content (AvgIpc) is 3.27. The standard InChI is InChI=1S/C26H32N6O2.ClH/c1-17(2)27-9-10-32(25-12-21(33-5)13-26(34-6)18(25)3)20-7-8-22-23(11-20)30-24(15-28-22)19-14-29-31(4)16-19;/h7-8,11-17,27H,9-10H2,1-6H3;1H. The second-order valence-corrected chi connectivity index (χ2v) is 8.57. The lowest BCUT2D eigenvalue weighted by atomic mass is 10.1. The van der Waals surface area contributed by atoms with Gasteiger partial charge in [0.15, 0.2) is 0 Å². The normalized spacial score (nSPS) is 10.9. The van der Waals surface area contributed by atoms with Crippen molar-refractivity contribution in [2.45, 2.75) is 26.8 Å². The molecule has 2 aromatic carbocycles. The highest BCUT2D eigenvalue weighted by atomic mass is 35.5. The van der Waals surface area contributed by atoms with Crippen molar-refractivity contribution in [1.82, 2.24) is 25.1 Å². The van der Waals surface area contributed by atoms with Crippen LogP contribution in [0.25, 0.3) is 22.3 Å². The van der Waals surface area contributed by atoms with Gasteiger partial charge in [0.25, 0.3) is 0 Å². The Balaban J connectivity index is 0.00000342. The zero-order valence-corrected chi connectivity index (χ0v) is 21.9. The van der Waals surface area contributed by atoms with E-state index in [0.29, 0.717) is 6.04 Å². The number of methoxy groups -OCH3 is 2. The Morgan fingerprint density at radius 2 is 1.86 bits per heavy atom. The predicted octanol–water partition coefficient (Wildman–Crippen LogP) is 4.91. The number of halogens is 1. The second kappa shape index (κ2) is 11.4. The van der Waals surface area contributed by atoms with Crippen molar-refractivity contribution in [1.29, 1.82) is 0 Å². The van der Waals surface area contributed by atoms with Gasteiger partial charge in [-0.25, -0.2) is 4.98 Å². The van der Waals surface area contributed by atoms with E-state index in [1.807, 2.05) is 25.4 Å². The molecule has 1 N–H and O–H groups in total. The van der Waals surface area contributed by atoms with Gasteiger partial charge in [0.2, 0.25) is 0 Å². The summed E-state index contributed by atoms with van der Waals surface area (Å²) in [6.45, 7) is 7.94. The van der Waals surface area contributed by atoms with E-state index in [-0.39, 0.29) is 12.4 Å². The van der Waals surface area contributed by atoms with Gasteiger partial charge in [0.1, 0.15) is 11.5 Å². The largest absolute Gasteiger partial charge is 0.497 e. The van der Waals surface area contributed by atoms with Crippen LogP contribution in [0.2, 0.25) is 0 Å². The lowest BCUT2D eigenvalue weighted by Crippen LogP contribution is -2.33. The van der Waals surface area contributed by atoms with E-state index in [4.69, 9.17) is 14.5 Å². The smallest absolute Gasteiger partial charge is 0.127 e. The molecule has 0 aliphatic carbocycles. The first-order valence-electron chi connectivity index (χ1n) is 11.4. The molecule has 4 rings (SSSR count). The van der Waals surface area contributed by atoms with Crippen LogP contribution in [0.5, 0.6) is 11.5 Å². The lowest BCUT2D eigenvalue weighted by molar-refractivity contribution is 0.392. The molecular formula is C26H33ClN6O2. The van der Waals surface area contributed by atoms with E-state index >= 15 is 0 Å². The van der Waals surface area contributed by atoms with Crippen LogP contribution < -0.4 is 19.7 Å². The van der Waals surface area contributed by atoms with E-state index < -0.39 is 0 Å². The third-order valence-corrected chi connectivity index (χ3v) is 5.78. The molecule has 9 heteroatoms. The molecule has 8 nitrogen and oxygen atoms in total. The molecule has 0 aliphatic rings. The summed E-state index contributed by atoms with van der Waals surface area (Å²) in [7, 11) is 5.25. The van der Waals surface area contributed by atoms with Crippen molar-refractivity contribution in [3.05, 3.63) is 54.5 Å². The average molecular weight is 497 g/mol. The molecule has 0 saturated carbocycles. The molecule has 35 heavy (non-hydrogen) atoms. The van der Waals surface area contributed by atoms with E-state index in [2.05, 4.69) is 59.3 Å². The number of aryl methyl sites for hydroxylation is 1. The number of nitrogens with one attached hydrogen (secondary N) is 1. The maximum atomic E-state index is 5.64. The molecule has 4 aromatic rings. The highest BCUT2D eigenvalue weighted by Gasteiger charge is 2.18. The number of hydrogen-bond donors (Lipinski definition) is 1. The zero-order chi connectivity index (χ0) is 24.2. The topological polar surface area (TPSA) is 77.3 Å². The third kappa shape index (κ3) is 5.83. The van der Waals surface area contributed by atoms with Gasteiger partial charge >= 0.3 is 0 Å². The fourth-order valence-electron chi connectivity index (χ4n) is 3.97. The van der Waals surface area contributed by atoms with E-state index in [1.165, 1.54) is 0 Å². The Morgan fingerprint density at radius 3 is 2.51 bits per heavy atom. The Kier molecular flexibility index (Phi) is 8.53. The highest BCUT2D eigenvalue weighted by molar-refractivity contribution is 5.85. The molecule has 2 aromatic heterocycles. The fourth-order valence-corrected chi connectivity index (χ4v) is 3.97. The van der Waals surface area contributed by atoms with Gasteiger partial charge in [-0.1, -0.05) is 13.8 Å². The summed E-state index contributed by atoms with van der Waals surface area (Å²) >= 11 is 0. The van der Waals surface area contributed by atoms with Crippen LogP contribution in [0.15, 0.2) is 48.9 Å². The molecular weight excluding hydrogens is 464 g/mol. The van der Waals surface area contributed by atoms with Gasteiger partial charge in [-0.05, 0) is 25.1 Å². The third-order valence-electron chi connectivity index (χ3n) is 5.78. The predicted molar refractivity (Wildman–Crippen MR) is 143 cm³/mol. The summed E-state index contributed by atoms with van der Waals surface area (Å²) in [4.78, 5) is 11.8. The lowest BCUT2D eigenvalue weighted by Gasteiger charge is -2.28. The van der Waals surface area contributed by atoms with Crippen LogP contribution in [-0.2, 0) is 7.05 Å². The van der Waals surface area contributed by atoms with Crippen LogP contribution in [-0.4, -0.2) is 53.1 Å². The molecule has 0 aliphatic heterocycles. The monoisotopic (exact) mass is 496 g/mol. The van der Waals surface area contributed by atoms with Crippen molar-refractivity contribution >= 4 is 34.8 Å². The van der Waals surface area contributed by atoms with Crippen LogP contribution in [0, 0.1) is 6.92 Å². The van der Waals surface area contributed by atoms with Gasteiger partial charge in [-0.15, -0.1) is 12.4 Å². The summed E-state index contributed by atoms with van der Waals surface area (Å²) in [5, 5.41) is 7.78. The number of benzene rings is 2. The molecule has 0 fully saturated rings. The minimum Gasteiger partial charge on any atom is -0.497 e. The first-order valence-corrected chi connectivity index (χ1v) is 11.4. The summed E-state index contributed by atoms with van der Waals surface area (Å²) in [5.74, 6) is 1.54. The first kappa shape index (κ1) is 26.2. The van der Waals surface area contributed by atoms with Gasteiger partial charge in [-0.3, -0.25) is 9.67 Å². The molecule has 0 spiro atoms. The van der Waals surface area contributed by atoms with Crippen LogP contribution >= 0.6 is 12.4 Å². The van der Waals surface area contributed by atoms with Crippen molar-refractivity contribution in [3.63, 3.8) is 0 Å². The number of nitrogens with zero attached hydrogens (tertiary/aromatic N) is 5. The number of rotatable bonds is 9. The number of ether oxygens (including phenoxy) is 2. The van der Waals surface area contributed by atoms with E-state index in [9.17, 15) is 0 Å². The summed E-state index contributed by atoms with van der Waals surface area (Å²) in [5.41, 5.74) is 6.50. The Morgan fingerprint density at radius 1 is 1.06 bits per heavy atom. The van der Waals surface area contributed by atoms with Crippen LogP contribution in [0.3, 0.4) is 0 Å². The van der Waals surface area contributed by atoms with Crippen molar-refractivity contribution in [2.75, 3.05) is 32.2 Å². The number of fused-ring (bicyclic) bond motifs is 1. The Hall–Kier alpha value is -3.36. The van der Waals surface area contributed by atoms with Gasteiger partial charge in [0, 0.05) is 61.3 Å². The molecule has 0 radical (unpaired) electrons. The zero-order valence-electron chi connectivity index (χ0n) is 21.1. The fraction of sp³-hybridized carbons (Fsp3) is 0.346. The molecule has 0 saturated heterocycles. The molecule has 2 heterocycles. The van der Waals surface area contributed by atoms with Gasteiger partial charge in [0.05, 0.1) is 49.0 Å². The summed E-state index contributed by atoms with van der Waals surface area (Å²) in [6, 6.07) is 10.5. The molecule has 0 amide bonds. The molecule has 0 unspecified atom stereocenters. The van der Waals surface area contributed by atoms with Crippen LogP contribution in [0.4, 0.5) is 11.4 Å². The summed E-state index contributed by atoms with van der Waals surface area (Å²) < 4.78 is 13.0. The number of anilines is 2. The van der Waals surface area contributed by atoms with Crippen molar-refractivity contribution in [2.24, 2.45) is 7.05 Å². The Labute approximate surface area is 212 Å². The maximum Gasteiger partial charge on any atom is 0.127 e. The summed E-state index contributed by atoms with van der Waals surface area (Å²) in [6.07, 6.45) is 5.53. The molecule has 186 valence electrons. The van der Waals surface area contributed by atoms with Crippen LogP contribution in [0.1, 0.15) is 19.4 Å². The Bertz CT molecular complexity index is 1290. The van der Waals surface area contributed by atoms with Gasteiger partial charge in [-0.2, -0.15) is 5.10 Å². The molecule has 0 atom stereocenters. The minimum atomic E-state index is 0. The van der Waals surface area contributed by atoms with Crippen molar-refractivity contribution in [3.8, 4) is 22.8 Å². The minimum absolute atomic E-state index is 0.